The lowest BCUT2D eigenvalue weighted by molar-refractivity contribution is -0.123. The van der Waals surface area contributed by atoms with Crippen LogP contribution in [0.5, 0.6) is 5.75 Å². The average Bonchev–Trinajstić information content (AvgIpc) is 2.71. The summed E-state index contributed by atoms with van der Waals surface area (Å²) in [5, 5.41) is 3.19. The van der Waals surface area contributed by atoms with Crippen LogP contribution in [0.3, 0.4) is 0 Å². The fourth-order valence-electron chi connectivity index (χ4n) is 3.08. The summed E-state index contributed by atoms with van der Waals surface area (Å²) in [5.41, 5.74) is 1.56. The first-order valence-electron chi connectivity index (χ1n) is 9.34. The molecule has 3 amide bonds. The molecular formula is C21H22ClN3O4. The van der Waals surface area contributed by atoms with Crippen LogP contribution in [0.1, 0.15) is 24.2 Å². The third-order valence-electron chi connectivity index (χ3n) is 4.63. The Balaban J connectivity index is 1.68. The van der Waals surface area contributed by atoms with Crippen molar-refractivity contribution >= 4 is 40.7 Å². The standard InChI is InChI=1S/C21H22ClN3O4/c1-3-24(4-2)21(28)14-5-8-16(9-6-14)23-19(26)12-25-17-11-15(22)7-10-18(17)29-13-20(25)27/h5-11H,3-4,12-13H2,1-2H3,(H,23,26). The molecule has 1 aliphatic rings. The van der Waals surface area contributed by atoms with E-state index in [1.165, 1.54) is 4.90 Å². The highest BCUT2D eigenvalue weighted by Crippen LogP contribution is 2.34. The third kappa shape index (κ3) is 4.68. The van der Waals surface area contributed by atoms with Gasteiger partial charge in [-0.05, 0) is 56.3 Å². The molecule has 1 aliphatic heterocycles. The highest BCUT2D eigenvalue weighted by Gasteiger charge is 2.27. The smallest absolute Gasteiger partial charge is 0.265 e. The number of amides is 3. The normalized spacial score (nSPS) is 12.8. The van der Waals surface area contributed by atoms with Gasteiger partial charge in [-0.2, -0.15) is 0 Å². The molecule has 0 fully saturated rings. The Labute approximate surface area is 174 Å². The van der Waals surface area contributed by atoms with E-state index in [0.29, 0.717) is 40.8 Å². The first-order valence-corrected chi connectivity index (χ1v) is 9.72. The lowest BCUT2D eigenvalue weighted by atomic mass is 10.1. The molecule has 7 nitrogen and oxygen atoms in total. The van der Waals surface area contributed by atoms with Gasteiger partial charge >= 0.3 is 0 Å². The molecular weight excluding hydrogens is 394 g/mol. The number of anilines is 2. The lowest BCUT2D eigenvalue weighted by Gasteiger charge is -2.29. The van der Waals surface area contributed by atoms with Gasteiger partial charge in [0.1, 0.15) is 12.3 Å². The second kappa shape index (κ2) is 8.96. The SMILES string of the molecule is CCN(CC)C(=O)c1ccc(NC(=O)CN2C(=O)COc3ccc(Cl)cc32)cc1. The van der Waals surface area contributed by atoms with E-state index in [1.807, 2.05) is 13.8 Å². The zero-order valence-corrected chi connectivity index (χ0v) is 17.0. The van der Waals surface area contributed by atoms with E-state index < -0.39 is 0 Å². The summed E-state index contributed by atoms with van der Waals surface area (Å²) in [6, 6.07) is 11.6. The summed E-state index contributed by atoms with van der Waals surface area (Å²) in [4.78, 5) is 40.1. The van der Waals surface area contributed by atoms with Crippen molar-refractivity contribution in [2.24, 2.45) is 0 Å². The van der Waals surface area contributed by atoms with Gasteiger partial charge in [0.25, 0.3) is 11.8 Å². The van der Waals surface area contributed by atoms with Gasteiger partial charge < -0.3 is 15.0 Å². The van der Waals surface area contributed by atoms with Gasteiger partial charge in [-0.1, -0.05) is 11.6 Å². The molecule has 0 atom stereocenters. The summed E-state index contributed by atoms with van der Waals surface area (Å²) in [6.07, 6.45) is 0. The van der Waals surface area contributed by atoms with Crippen molar-refractivity contribution in [1.29, 1.82) is 0 Å². The minimum atomic E-state index is -0.367. The van der Waals surface area contributed by atoms with Gasteiger partial charge in [0.05, 0.1) is 5.69 Å². The fourth-order valence-corrected chi connectivity index (χ4v) is 3.25. The van der Waals surface area contributed by atoms with E-state index in [2.05, 4.69) is 5.32 Å². The summed E-state index contributed by atoms with van der Waals surface area (Å²) in [7, 11) is 0. The van der Waals surface area contributed by atoms with Crippen molar-refractivity contribution in [3.8, 4) is 5.75 Å². The Morgan fingerprint density at radius 3 is 2.48 bits per heavy atom. The Kier molecular flexibility index (Phi) is 6.39. The molecule has 2 aromatic carbocycles. The molecule has 2 aromatic rings. The van der Waals surface area contributed by atoms with Crippen LogP contribution in [0.15, 0.2) is 42.5 Å². The molecule has 3 rings (SSSR count). The molecule has 152 valence electrons. The van der Waals surface area contributed by atoms with Crippen molar-refractivity contribution in [2.75, 3.05) is 36.5 Å². The summed E-state index contributed by atoms with van der Waals surface area (Å²) in [6.45, 7) is 4.81. The Hall–Kier alpha value is -3.06. The number of rotatable bonds is 6. The van der Waals surface area contributed by atoms with Crippen LogP contribution < -0.4 is 15.0 Å². The fraction of sp³-hybridized carbons (Fsp3) is 0.286. The Bertz CT molecular complexity index is 926. The predicted octanol–water partition coefficient (Wildman–Crippen LogP) is 3.19. The van der Waals surface area contributed by atoms with Crippen molar-refractivity contribution in [2.45, 2.75) is 13.8 Å². The zero-order chi connectivity index (χ0) is 21.0. The molecule has 29 heavy (non-hydrogen) atoms. The van der Waals surface area contributed by atoms with E-state index in [-0.39, 0.29) is 30.9 Å². The van der Waals surface area contributed by atoms with Gasteiger partial charge in [-0.25, -0.2) is 0 Å². The molecule has 0 unspecified atom stereocenters. The second-order valence-electron chi connectivity index (χ2n) is 6.48. The zero-order valence-electron chi connectivity index (χ0n) is 16.3. The number of ether oxygens (including phenoxy) is 1. The number of nitrogens with one attached hydrogen (secondary N) is 1. The van der Waals surface area contributed by atoms with E-state index >= 15 is 0 Å². The number of benzene rings is 2. The summed E-state index contributed by atoms with van der Waals surface area (Å²) < 4.78 is 5.38. The van der Waals surface area contributed by atoms with E-state index in [4.69, 9.17) is 16.3 Å². The quantitative estimate of drug-likeness (QED) is 0.785. The number of hydrogen-bond acceptors (Lipinski definition) is 4. The minimum absolute atomic E-state index is 0.0553. The molecule has 0 spiro atoms. The first kappa shape index (κ1) is 20.7. The van der Waals surface area contributed by atoms with Crippen LogP contribution in [0.2, 0.25) is 5.02 Å². The van der Waals surface area contributed by atoms with Crippen molar-refractivity contribution in [3.63, 3.8) is 0 Å². The van der Waals surface area contributed by atoms with E-state index in [0.717, 1.165) is 0 Å². The van der Waals surface area contributed by atoms with Crippen LogP contribution in [0.25, 0.3) is 0 Å². The predicted molar refractivity (Wildman–Crippen MR) is 112 cm³/mol. The maximum absolute atomic E-state index is 12.5. The van der Waals surface area contributed by atoms with Crippen molar-refractivity contribution in [3.05, 3.63) is 53.1 Å². The van der Waals surface area contributed by atoms with E-state index in [1.54, 1.807) is 47.4 Å². The molecule has 0 aromatic heterocycles. The molecule has 1 heterocycles. The number of carbonyl (C=O) groups excluding carboxylic acids is 3. The van der Waals surface area contributed by atoms with Crippen LogP contribution >= 0.6 is 11.6 Å². The maximum atomic E-state index is 12.5. The van der Waals surface area contributed by atoms with Gasteiger partial charge in [0.15, 0.2) is 6.61 Å². The third-order valence-corrected chi connectivity index (χ3v) is 4.87. The molecule has 1 N–H and O–H groups in total. The molecule has 0 saturated carbocycles. The molecule has 8 heteroatoms. The van der Waals surface area contributed by atoms with Crippen molar-refractivity contribution in [1.82, 2.24) is 4.90 Å². The number of carbonyl (C=O) groups is 3. The van der Waals surface area contributed by atoms with Crippen LogP contribution in [0, 0.1) is 0 Å². The summed E-state index contributed by atoms with van der Waals surface area (Å²) >= 11 is 6.01. The second-order valence-corrected chi connectivity index (χ2v) is 6.92. The monoisotopic (exact) mass is 415 g/mol. The largest absolute Gasteiger partial charge is 0.482 e. The highest BCUT2D eigenvalue weighted by molar-refractivity contribution is 6.31. The van der Waals surface area contributed by atoms with Crippen molar-refractivity contribution < 1.29 is 19.1 Å². The molecule has 0 bridgehead atoms. The molecule has 0 radical (unpaired) electrons. The number of hydrogen-bond donors (Lipinski definition) is 1. The van der Waals surface area contributed by atoms with Crippen LogP contribution in [-0.4, -0.2) is 48.9 Å². The summed E-state index contributed by atoms with van der Waals surface area (Å²) in [5.74, 6) is -0.245. The van der Waals surface area contributed by atoms with E-state index in [9.17, 15) is 14.4 Å². The maximum Gasteiger partial charge on any atom is 0.265 e. The number of halogens is 1. The van der Waals surface area contributed by atoms with Gasteiger partial charge in [0.2, 0.25) is 5.91 Å². The minimum Gasteiger partial charge on any atom is -0.482 e. The van der Waals surface area contributed by atoms with Crippen LogP contribution in [-0.2, 0) is 9.59 Å². The Morgan fingerprint density at radius 1 is 1.14 bits per heavy atom. The lowest BCUT2D eigenvalue weighted by Crippen LogP contribution is -2.43. The molecule has 0 saturated heterocycles. The van der Waals surface area contributed by atoms with Gasteiger partial charge in [-0.15, -0.1) is 0 Å². The number of nitrogens with zero attached hydrogens (tertiary/aromatic N) is 2. The van der Waals surface area contributed by atoms with Gasteiger partial charge in [-0.3, -0.25) is 19.3 Å². The van der Waals surface area contributed by atoms with Crippen LogP contribution in [0.4, 0.5) is 11.4 Å². The Morgan fingerprint density at radius 2 is 1.83 bits per heavy atom. The number of fused-ring (bicyclic) bond motifs is 1. The topological polar surface area (TPSA) is 79.0 Å². The average molecular weight is 416 g/mol. The van der Waals surface area contributed by atoms with Gasteiger partial charge in [0, 0.05) is 29.4 Å². The highest BCUT2D eigenvalue weighted by atomic mass is 35.5. The first-order chi connectivity index (χ1) is 13.9. The molecule has 0 aliphatic carbocycles.